The first-order valence-electron chi connectivity index (χ1n) is 13.8. The van der Waals surface area contributed by atoms with Gasteiger partial charge in [0, 0.05) is 24.0 Å². The molecular weight excluding hydrogens is 508 g/mol. The largest absolute Gasteiger partial charge is 0.483 e. The fraction of sp³-hybridized carbons (Fsp3) is 0.394. The number of carbonyl (C=O) groups excluding carboxylic acids is 2. The zero-order valence-corrected chi connectivity index (χ0v) is 23.9. The lowest BCUT2D eigenvalue weighted by molar-refractivity contribution is -0.143. The number of amides is 2. The summed E-state index contributed by atoms with van der Waals surface area (Å²) in [5.74, 6) is 0.272. The van der Waals surface area contributed by atoms with E-state index in [2.05, 4.69) is 26.1 Å². The third kappa shape index (κ3) is 7.86. The second-order valence-electron chi connectivity index (χ2n) is 11.3. The van der Waals surface area contributed by atoms with Gasteiger partial charge in [-0.1, -0.05) is 112 Å². The van der Waals surface area contributed by atoms with Crippen LogP contribution in [0.2, 0.25) is 5.02 Å². The lowest BCUT2D eigenvalue weighted by Gasteiger charge is -2.33. The van der Waals surface area contributed by atoms with Crippen LogP contribution in [0.5, 0.6) is 5.75 Å². The molecule has 206 valence electrons. The molecule has 1 N–H and O–H groups in total. The second-order valence-corrected chi connectivity index (χ2v) is 11.8. The van der Waals surface area contributed by atoms with Crippen LogP contribution < -0.4 is 10.1 Å². The molecule has 1 aliphatic rings. The molecule has 3 aromatic rings. The van der Waals surface area contributed by atoms with Gasteiger partial charge in [0.05, 0.1) is 0 Å². The first kappa shape index (κ1) is 28.7. The molecule has 0 aliphatic heterocycles. The van der Waals surface area contributed by atoms with Gasteiger partial charge in [-0.2, -0.15) is 0 Å². The Hall–Kier alpha value is -3.31. The molecule has 39 heavy (non-hydrogen) atoms. The van der Waals surface area contributed by atoms with Crippen molar-refractivity contribution in [1.29, 1.82) is 0 Å². The summed E-state index contributed by atoms with van der Waals surface area (Å²) in [6.45, 7) is 6.37. The Morgan fingerprint density at radius 1 is 0.949 bits per heavy atom. The average Bonchev–Trinajstić information content (AvgIpc) is 3.43. The van der Waals surface area contributed by atoms with Crippen molar-refractivity contribution < 1.29 is 14.3 Å². The van der Waals surface area contributed by atoms with Gasteiger partial charge in [0.25, 0.3) is 5.91 Å². The number of halogens is 1. The third-order valence-corrected chi connectivity index (χ3v) is 7.69. The highest BCUT2D eigenvalue weighted by atomic mass is 35.5. The van der Waals surface area contributed by atoms with Crippen LogP contribution in [0.4, 0.5) is 0 Å². The maximum absolute atomic E-state index is 13.9. The lowest BCUT2D eigenvalue weighted by atomic mass is 9.86. The minimum absolute atomic E-state index is 0.138. The molecule has 1 saturated carbocycles. The van der Waals surface area contributed by atoms with Crippen LogP contribution in [0.15, 0.2) is 78.9 Å². The number of ether oxygens (including phenoxy) is 1. The minimum atomic E-state index is -0.710. The number of para-hydroxylation sites is 1. The molecule has 0 saturated heterocycles. The fourth-order valence-corrected chi connectivity index (χ4v) is 5.36. The number of hydrogen-bond acceptors (Lipinski definition) is 3. The molecular formula is C33H39ClN2O3. The molecule has 2 amide bonds. The number of rotatable bonds is 10. The molecule has 3 aromatic carbocycles. The first-order chi connectivity index (χ1) is 18.7. The molecule has 5 nitrogen and oxygen atoms in total. The van der Waals surface area contributed by atoms with Crippen LogP contribution in [0.25, 0.3) is 0 Å². The predicted molar refractivity (Wildman–Crippen MR) is 157 cm³/mol. The molecule has 0 unspecified atom stereocenters. The van der Waals surface area contributed by atoms with E-state index in [0.29, 0.717) is 17.2 Å². The molecule has 6 heteroatoms. The van der Waals surface area contributed by atoms with Crippen molar-refractivity contribution in [3.63, 3.8) is 0 Å². The van der Waals surface area contributed by atoms with E-state index in [-0.39, 0.29) is 36.4 Å². The average molecular weight is 547 g/mol. The smallest absolute Gasteiger partial charge is 0.261 e. The highest BCUT2D eigenvalue weighted by molar-refractivity contribution is 6.31. The topological polar surface area (TPSA) is 58.6 Å². The molecule has 0 radical (unpaired) electrons. The normalized spacial score (nSPS) is 14.6. The summed E-state index contributed by atoms with van der Waals surface area (Å²) in [6.07, 6.45) is 4.55. The number of benzene rings is 3. The van der Waals surface area contributed by atoms with Crippen molar-refractivity contribution >= 4 is 23.4 Å². The maximum Gasteiger partial charge on any atom is 0.261 e. The highest BCUT2D eigenvalue weighted by Crippen LogP contribution is 2.31. The molecule has 0 aromatic heterocycles. The fourth-order valence-electron chi connectivity index (χ4n) is 5.17. The van der Waals surface area contributed by atoms with Crippen LogP contribution in [-0.2, 0) is 28.0 Å². The quantitative estimate of drug-likeness (QED) is 0.307. The summed E-state index contributed by atoms with van der Waals surface area (Å²) in [4.78, 5) is 29.4. The van der Waals surface area contributed by atoms with E-state index in [9.17, 15) is 9.59 Å². The molecule has 0 spiro atoms. The zero-order valence-electron chi connectivity index (χ0n) is 23.2. The molecule has 1 fully saturated rings. The number of carbonyl (C=O) groups is 2. The summed E-state index contributed by atoms with van der Waals surface area (Å²) < 4.78 is 6.13. The van der Waals surface area contributed by atoms with Crippen LogP contribution in [0.3, 0.4) is 0 Å². The Labute approximate surface area is 237 Å². The molecule has 0 bridgehead atoms. The summed E-state index contributed by atoms with van der Waals surface area (Å²) >= 11 is 6.53. The van der Waals surface area contributed by atoms with Gasteiger partial charge in [0.1, 0.15) is 11.8 Å². The van der Waals surface area contributed by atoms with Gasteiger partial charge in [-0.3, -0.25) is 9.59 Å². The number of hydrogen-bond donors (Lipinski definition) is 1. The predicted octanol–water partition coefficient (Wildman–Crippen LogP) is 6.72. The Balaban J connectivity index is 1.64. The van der Waals surface area contributed by atoms with E-state index < -0.39 is 6.04 Å². The zero-order chi connectivity index (χ0) is 27.8. The van der Waals surface area contributed by atoms with Crippen molar-refractivity contribution in [2.24, 2.45) is 0 Å². The van der Waals surface area contributed by atoms with E-state index in [4.69, 9.17) is 16.3 Å². The SMILES string of the molecule is CC(C)(C)c1ccccc1OCC(=O)N(Cc1ccccc1Cl)[C@@H](Cc1ccccc1)C(=O)NC1CCCC1. The Kier molecular flexibility index (Phi) is 9.68. The summed E-state index contributed by atoms with van der Waals surface area (Å²) in [5, 5.41) is 3.79. The van der Waals surface area contributed by atoms with Gasteiger partial charge in [-0.15, -0.1) is 0 Å². The van der Waals surface area contributed by atoms with Crippen LogP contribution in [-0.4, -0.2) is 35.4 Å². The van der Waals surface area contributed by atoms with E-state index in [1.54, 1.807) is 11.0 Å². The standard InChI is InChI=1S/C33H39ClN2O3/c1-33(2,3)27-18-10-12-20-30(27)39-23-31(37)36(22-25-15-7-11-19-28(25)34)29(21-24-13-5-4-6-14-24)32(38)35-26-16-8-9-17-26/h4-7,10-15,18-20,26,29H,8-9,16-17,21-23H2,1-3H3,(H,35,38)/t29-/m0/s1. The minimum Gasteiger partial charge on any atom is -0.483 e. The van der Waals surface area contributed by atoms with Crippen LogP contribution in [0, 0.1) is 0 Å². The molecule has 1 aliphatic carbocycles. The van der Waals surface area contributed by atoms with Crippen molar-refractivity contribution in [2.45, 2.75) is 76.9 Å². The third-order valence-electron chi connectivity index (χ3n) is 7.32. The number of nitrogens with one attached hydrogen (secondary N) is 1. The van der Waals surface area contributed by atoms with Crippen molar-refractivity contribution in [1.82, 2.24) is 10.2 Å². The Morgan fingerprint density at radius 3 is 2.28 bits per heavy atom. The van der Waals surface area contributed by atoms with Gasteiger partial charge < -0.3 is 15.0 Å². The number of nitrogens with zero attached hydrogens (tertiary/aromatic N) is 1. The highest BCUT2D eigenvalue weighted by Gasteiger charge is 2.33. The second kappa shape index (κ2) is 13.2. The van der Waals surface area contributed by atoms with Gasteiger partial charge in [-0.05, 0) is 47.1 Å². The summed E-state index contributed by atoms with van der Waals surface area (Å²) in [6, 6.07) is 24.5. The van der Waals surface area contributed by atoms with Gasteiger partial charge in [0.2, 0.25) is 5.91 Å². The molecule has 1 atom stereocenters. The van der Waals surface area contributed by atoms with Crippen molar-refractivity contribution in [3.05, 3.63) is 101 Å². The van der Waals surface area contributed by atoms with Crippen LogP contribution in [0.1, 0.15) is 63.1 Å². The van der Waals surface area contributed by atoms with Crippen molar-refractivity contribution in [3.8, 4) is 5.75 Å². The Bertz CT molecular complexity index is 1250. The van der Waals surface area contributed by atoms with Crippen molar-refractivity contribution in [2.75, 3.05) is 6.61 Å². The van der Waals surface area contributed by atoms with Gasteiger partial charge in [-0.25, -0.2) is 0 Å². The monoisotopic (exact) mass is 546 g/mol. The van der Waals surface area contributed by atoms with E-state index >= 15 is 0 Å². The van der Waals surface area contributed by atoms with E-state index in [1.807, 2.05) is 72.8 Å². The first-order valence-corrected chi connectivity index (χ1v) is 14.2. The molecule has 4 rings (SSSR count). The van der Waals surface area contributed by atoms with E-state index in [0.717, 1.165) is 42.4 Å². The van der Waals surface area contributed by atoms with Gasteiger partial charge in [0.15, 0.2) is 6.61 Å². The lowest BCUT2D eigenvalue weighted by Crippen LogP contribution is -2.53. The Morgan fingerprint density at radius 2 is 1.59 bits per heavy atom. The maximum atomic E-state index is 13.9. The summed E-state index contributed by atoms with van der Waals surface area (Å²) in [7, 11) is 0. The van der Waals surface area contributed by atoms with E-state index in [1.165, 1.54) is 0 Å². The van der Waals surface area contributed by atoms with Crippen LogP contribution >= 0.6 is 11.6 Å². The molecule has 0 heterocycles. The van der Waals surface area contributed by atoms with Gasteiger partial charge >= 0.3 is 0 Å². The summed E-state index contributed by atoms with van der Waals surface area (Å²) in [5.41, 5.74) is 2.65.